The molecular formula is C22H43HgO2. The Balaban J connectivity index is 2.99. The molecule has 0 aromatic rings. The monoisotopic (exact) mass is 541 g/mol. The molecule has 0 amide bonds. The molecule has 0 aliphatic heterocycles. The zero-order valence-electron chi connectivity index (χ0n) is 17.2. The molecule has 0 aromatic heterocycles. The van der Waals surface area contributed by atoms with E-state index in [1.807, 2.05) is 0 Å². The van der Waals surface area contributed by atoms with Gasteiger partial charge in [-0.2, -0.15) is 0 Å². The van der Waals surface area contributed by atoms with E-state index in [4.69, 9.17) is 2.64 Å². The number of carbonyl (C=O) groups is 1. The topological polar surface area (TPSA) is 26.3 Å². The fraction of sp³-hybridized carbons (Fsp3) is 0.955. The third-order valence-electron chi connectivity index (χ3n) is 5.15. The minimum atomic E-state index is 0.0234. The number of carbonyl (C=O) groups excluding carboxylic acids is 1. The molecule has 0 atom stereocenters. The summed E-state index contributed by atoms with van der Waals surface area (Å²) in [5.41, 5.74) is 0. The van der Waals surface area contributed by atoms with Gasteiger partial charge in [0.2, 0.25) is 0 Å². The summed E-state index contributed by atoms with van der Waals surface area (Å²) in [6.45, 7) is 2.29. The molecule has 2 nitrogen and oxygen atoms in total. The van der Waals surface area contributed by atoms with Gasteiger partial charge in [0.25, 0.3) is 0 Å². The Labute approximate surface area is 174 Å². The summed E-state index contributed by atoms with van der Waals surface area (Å²) in [5.74, 6) is 0.0234. The third kappa shape index (κ3) is 22.4. The van der Waals surface area contributed by atoms with Crippen molar-refractivity contribution in [3.63, 3.8) is 0 Å². The van der Waals surface area contributed by atoms with Crippen molar-refractivity contribution in [1.82, 2.24) is 0 Å². The summed E-state index contributed by atoms with van der Waals surface area (Å²) in [6, 6.07) is 0. The van der Waals surface area contributed by atoms with Gasteiger partial charge in [-0.05, 0) is 0 Å². The molecule has 0 aliphatic rings. The van der Waals surface area contributed by atoms with Gasteiger partial charge in [-0.25, -0.2) is 0 Å². The van der Waals surface area contributed by atoms with Crippen LogP contribution in [0.4, 0.5) is 0 Å². The second kappa shape index (κ2) is 22.4. The quantitative estimate of drug-likeness (QED) is 0.116. The average molecular weight is 540 g/mol. The van der Waals surface area contributed by atoms with Crippen LogP contribution < -0.4 is 0 Å². The van der Waals surface area contributed by atoms with Gasteiger partial charge in [0.1, 0.15) is 0 Å². The maximum atomic E-state index is 11.0. The van der Waals surface area contributed by atoms with E-state index in [9.17, 15) is 4.79 Å². The van der Waals surface area contributed by atoms with Crippen LogP contribution in [0, 0.1) is 0 Å². The molecule has 0 bridgehead atoms. The van der Waals surface area contributed by atoms with Crippen molar-refractivity contribution in [1.29, 1.82) is 0 Å². The molecule has 0 aliphatic carbocycles. The fourth-order valence-corrected chi connectivity index (χ4v) is 3.98. The van der Waals surface area contributed by atoms with E-state index < -0.39 is 0 Å². The standard InChI is InChI=1S/C22H44O2.Hg/c1-2-3-4-5-6-7-8-9-10-11-12-13-14-15-16-17-18-19-20-21-22(23)24;/h2-21H2,1H3,(H,23,24);/q;+1/p-1. The molecule has 25 heavy (non-hydrogen) atoms. The molecule has 145 valence electrons. The summed E-state index contributed by atoms with van der Waals surface area (Å²) in [5, 5.41) is 0. The predicted molar refractivity (Wildman–Crippen MR) is 104 cm³/mol. The first-order valence-corrected chi connectivity index (χ1v) is 13.5. The van der Waals surface area contributed by atoms with Gasteiger partial charge in [0.15, 0.2) is 0 Å². The van der Waals surface area contributed by atoms with E-state index >= 15 is 0 Å². The first-order chi connectivity index (χ1) is 12.3. The number of rotatable bonds is 20. The van der Waals surface area contributed by atoms with E-state index in [0.29, 0.717) is 6.42 Å². The van der Waals surface area contributed by atoms with Crippen LogP contribution in [-0.4, -0.2) is 5.97 Å². The van der Waals surface area contributed by atoms with E-state index in [1.54, 1.807) is 0 Å². The Morgan fingerprint density at radius 1 is 0.560 bits per heavy atom. The molecule has 0 spiro atoms. The zero-order chi connectivity index (χ0) is 18.4. The summed E-state index contributed by atoms with van der Waals surface area (Å²) >= 11 is 0.174. The van der Waals surface area contributed by atoms with Crippen molar-refractivity contribution in [3.8, 4) is 0 Å². The normalized spacial score (nSPS) is 11.0. The van der Waals surface area contributed by atoms with Crippen LogP contribution >= 0.6 is 0 Å². The Kier molecular flexibility index (Phi) is 22.8. The molecule has 0 saturated heterocycles. The Bertz CT molecular complexity index is 269. The van der Waals surface area contributed by atoms with Gasteiger partial charge in [-0.15, -0.1) is 0 Å². The molecule has 0 N–H and O–H groups in total. The van der Waals surface area contributed by atoms with Crippen LogP contribution in [0.1, 0.15) is 135 Å². The Morgan fingerprint density at radius 2 is 0.840 bits per heavy atom. The van der Waals surface area contributed by atoms with Crippen molar-refractivity contribution in [2.24, 2.45) is 0 Å². The van der Waals surface area contributed by atoms with E-state index in [0.717, 1.165) is 6.42 Å². The molecule has 0 rings (SSSR count). The predicted octanol–water partition coefficient (Wildman–Crippen LogP) is 7.81. The van der Waals surface area contributed by atoms with Crippen LogP contribution in [-0.2, 0) is 34.0 Å². The molecule has 0 unspecified atom stereocenters. The van der Waals surface area contributed by atoms with Gasteiger partial charge < -0.3 is 0 Å². The first-order valence-electron chi connectivity index (χ1n) is 11.3. The second-order valence-electron chi connectivity index (χ2n) is 7.63. The Morgan fingerprint density at radius 3 is 1.12 bits per heavy atom. The van der Waals surface area contributed by atoms with Crippen molar-refractivity contribution in [3.05, 3.63) is 0 Å². The van der Waals surface area contributed by atoms with Gasteiger partial charge >= 0.3 is 104 Å². The van der Waals surface area contributed by atoms with E-state index in [1.165, 1.54) is 116 Å². The van der Waals surface area contributed by atoms with E-state index in [-0.39, 0.29) is 32.5 Å². The minimum absolute atomic E-state index is 0.0234. The summed E-state index contributed by atoms with van der Waals surface area (Å²) < 4.78 is 4.84. The van der Waals surface area contributed by atoms with Gasteiger partial charge in [-0.3, -0.25) is 0 Å². The maximum absolute atomic E-state index is 11.0. The SMILES string of the molecule is CCCCCCCCCCCCCCCCCCCCCC(=O)[O][Hg]. The van der Waals surface area contributed by atoms with E-state index in [2.05, 4.69) is 6.92 Å². The van der Waals surface area contributed by atoms with Gasteiger partial charge in [0, 0.05) is 0 Å². The van der Waals surface area contributed by atoms with Crippen molar-refractivity contribution in [2.45, 2.75) is 135 Å². The molecule has 0 radical (unpaired) electrons. The van der Waals surface area contributed by atoms with Gasteiger partial charge in [0.05, 0.1) is 0 Å². The fourth-order valence-electron chi connectivity index (χ4n) is 3.42. The second-order valence-corrected chi connectivity index (χ2v) is 8.75. The number of hydrogen-bond donors (Lipinski definition) is 0. The Hall–Kier alpha value is 0.405. The number of unbranched alkanes of at least 4 members (excludes halogenated alkanes) is 18. The zero-order valence-corrected chi connectivity index (χ0v) is 22.7. The molecule has 0 saturated carbocycles. The molecule has 0 fully saturated rings. The first kappa shape index (κ1) is 25.4. The van der Waals surface area contributed by atoms with Crippen molar-refractivity contribution in [2.75, 3.05) is 0 Å². The molecule has 3 heteroatoms. The van der Waals surface area contributed by atoms with Crippen molar-refractivity contribution >= 4 is 5.97 Å². The summed E-state index contributed by atoms with van der Waals surface area (Å²) in [6.07, 6.45) is 27.0. The third-order valence-corrected chi connectivity index (χ3v) is 6.40. The molecular weight excluding hydrogens is 497 g/mol. The molecule has 0 heterocycles. The summed E-state index contributed by atoms with van der Waals surface area (Å²) in [7, 11) is 0. The van der Waals surface area contributed by atoms with Crippen molar-refractivity contribution < 1.29 is 34.0 Å². The average Bonchev–Trinajstić information content (AvgIpc) is 2.63. The van der Waals surface area contributed by atoms with Crippen LogP contribution in [0.2, 0.25) is 0 Å². The molecule has 0 aromatic carbocycles. The van der Waals surface area contributed by atoms with Gasteiger partial charge in [-0.1, -0.05) is 71.1 Å². The van der Waals surface area contributed by atoms with Crippen LogP contribution in [0.25, 0.3) is 0 Å². The summed E-state index contributed by atoms with van der Waals surface area (Å²) in [4.78, 5) is 11.0. The van der Waals surface area contributed by atoms with Crippen LogP contribution in [0.5, 0.6) is 0 Å². The van der Waals surface area contributed by atoms with Crippen LogP contribution in [0.3, 0.4) is 0 Å². The van der Waals surface area contributed by atoms with Crippen LogP contribution in [0.15, 0.2) is 0 Å². The number of hydrogen-bond acceptors (Lipinski definition) is 2.